The third kappa shape index (κ3) is 1.30. The maximum absolute atomic E-state index is 10.6. The fourth-order valence-electron chi connectivity index (χ4n) is 0.913. The molecule has 0 spiro atoms. The summed E-state index contributed by atoms with van der Waals surface area (Å²) < 4.78 is 0. The normalized spacial score (nSPS) is 26.7. The van der Waals surface area contributed by atoms with Crippen molar-refractivity contribution in [1.82, 2.24) is 5.32 Å². The number of nitrogens with one attached hydrogen (secondary N) is 1. The molecule has 54 valence electrons. The van der Waals surface area contributed by atoms with E-state index in [9.17, 15) is 4.79 Å². The lowest BCUT2D eigenvalue weighted by Gasteiger charge is -2.01. The van der Waals surface area contributed by atoms with Gasteiger partial charge in [0, 0.05) is 6.04 Å². The molecule has 0 bridgehead atoms. The summed E-state index contributed by atoms with van der Waals surface area (Å²) in [6.45, 7) is 4.21. The van der Waals surface area contributed by atoms with Crippen molar-refractivity contribution in [2.75, 3.05) is 0 Å². The molecule has 1 atom stereocenters. The molecule has 0 aromatic rings. The number of carbonyl (C=O) groups excluding carboxylic acids is 1. The van der Waals surface area contributed by atoms with E-state index in [1.165, 1.54) is 0 Å². The van der Waals surface area contributed by atoms with E-state index in [2.05, 4.69) is 19.2 Å². The van der Waals surface area contributed by atoms with Gasteiger partial charge in [-0.15, -0.1) is 6.42 Å². The first kappa shape index (κ1) is 7.14. The monoisotopic (exact) mass is 137 g/mol. The van der Waals surface area contributed by atoms with Crippen LogP contribution in [0.15, 0.2) is 0 Å². The number of hydrogen-bond acceptors (Lipinski definition) is 1. The molecule has 0 radical (unpaired) electrons. The van der Waals surface area contributed by atoms with Crippen molar-refractivity contribution >= 4 is 5.91 Å². The molecule has 0 heterocycles. The fourth-order valence-corrected chi connectivity index (χ4v) is 0.913. The molecule has 1 fully saturated rings. The van der Waals surface area contributed by atoms with Crippen LogP contribution in [0.4, 0.5) is 0 Å². The van der Waals surface area contributed by atoms with Gasteiger partial charge in [-0.2, -0.15) is 0 Å². The molecule has 1 N–H and O–H groups in total. The SMILES string of the molecule is C#CC(=O)NC1CC1(C)C. The Kier molecular flexibility index (Phi) is 1.44. The van der Waals surface area contributed by atoms with Gasteiger partial charge in [-0.05, 0) is 17.8 Å². The molecule has 0 aromatic carbocycles. The third-order valence-electron chi connectivity index (χ3n) is 1.95. The second-order valence-electron chi connectivity index (χ2n) is 3.36. The molecule has 1 saturated carbocycles. The van der Waals surface area contributed by atoms with E-state index >= 15 is 0 Å². The first-order chi connectivity index (χ1) is 4.56. The van der Waals surface area contributed by atoms with Gasteiger partial charge in [0.1, 0.15) is 0 Å². The van der Waals surface area contributed by atoms with Crippen molar-refractivity contribution < 1.29 is 4.79 Å². The Morgan fingerprint density at radius 1 is 1.80 bits per heavy atom. The smallest absolute Gasteiger partial charge is 0.295 e. The summed E-state index contributed by atoms with van der Waals surface area (Å²) in [5, 5.41) is 2.72. The molecule has 1 aliphatic rings. The minimum atomic E-state index is -0.296. The van der Waals surface area contributed by atoms with Crippen molar-refractivity contribution in [3.63, 3.8) is 0 Å². The van der Waals surface area contributed by atoms with E-state index in [-0.39, 0.29) is 11.3 Å². The van der Waals surface area contributed by atoms with E-state index in [0.29, 0.717) is 6.04 Å². The molecule has 0 saturated heterocycles. The number of hydrogen-bond donors (Lipinski definition) is 1. The van der Waals surface area contributed by atoms with Crippen LogP contribution in [0.3, 0.4) is 0 Å². The van der Waals surface area contributed by atoms with Gasteiger partial charge in [0.2, 0.25) is 0 Å². The molecule has 0 aromatic heterocycles. The standard InChI is InChI=1S/C8H11NO/c1-4-7(10)9-6-5-8(6,2)3/h1,6H,5H2,2-3H3,(H,9,10). The highest BCUT2D eigenvalue weighted by atomic mass is 16.1. The Bertz CT molecular complexity index is 200. The molecule has 1 aliphatic carbocycles. The number of rotatable bonds is 1. The van der Waals surface area contributed by atoms with Crippen LogP contribution in [-0.4, -0.2) is 11.9 Å². The third-order valence-corrected chi connectivity index (χ3v) is 1.95. The Morgan fingerprint density at radius 3 is 2.60 bits per heavy atom. The zero-order chi connectivity index (χ0) is 7.78. The van der Waals surface area contributed by atoms with Gasteiger partial charge < -0.3 is 5.32 Å². The minimum absolute atomic E-state index is 0.270. The van der Waals surface area contributed by atoms with Crippen molar-refractivity contribution in [3.8, 4) is 12.3 Å². The van der Waals surface area contributed by atoms with Crippen molar-refractivity contribution in [2.45, 2.75) is 26.3 Å². The molecular formula is C8H11NO. The van der Waals surface area contributed by atoms with E-state index in [0.717, 1.165) is 6.42 Å². The van der Waals surface area contributed by atoms with Crippen molar-refractivity contribution in [1.29, 1.82) is 0 Å². The highest BCUT2D eigenvalue weighted by Gasteiger charge is 2.46. The predicted molar refractivity (Wildman–Crippen MR) is 39.2 cm³/mol. The predicted octanol–water partition coefficient (Wildman–Crippen LogP) is 0.534. The second-order valence-corrected chi connectivity index (χ2v) is 3.36. The molecular weight excluding hydrogens is 126 g/mol. The Balaban J connectivity index is 2.33. The number of amides is 1. The van der Waals surface area contributed by atoms with E-state index in [1.54, 1.807) is 0 Å². The van der Waals surface area contributed by atoms with Crippen LogP contribution in [0.2, 0.25) is 0 Å². The Morgan fingerprint density at radius 2 is 2.30 bits per heavy atom. The van der Waals surface area contributed by atoms with Crippen molar-refractivity contribution in [3.05, 3.63) is 0 Å². The first-order valence-corrected chi connectivity index (χ1v) is 3.33. The summed E-state index contributed by atoms with van der Waals surface area (Å²) in [6, 6.07) is 0.302. The van der Waals surface area contributed by atoms with Crippen LogP contribution in [0.25, 0.3) is 0 Å². The maximum Gasteiger partial charge on any atom is 0.295 e. The minimum Gasteiger partial charge on any atom is -0.342 e. The van der Waals surface area contributed by atoms with Crippen LogP contribution in [0, 0.1) is 17.8 Å². The van der Waals surface area contributed by atoms with Gasteiger partial charge in [0.15, 0.2) is 0 Å². The molecule has 1 unspecified atom stereocenters. The fraction of sp³-hybridized carbons (Fsp3) is 0.625. The highest BCUT2D eigenvalue weighted by Crippen LogP contribution is 2.44. The summed E-state index contributed by atoms with van der Waals surface area (Å²) in [4.78, 5) is 10.6. The number of carbonyl (C=O) groups is 1. The van der Waals surface area contributed by atoms with E-state index < -0.39 is 0 Å². The van der Waals surface area contributed by atoms with E-state index in [1.807, 2.05) is 5.92 Å². The molecule has 1 amide bonds. The second kappa shape index (κ2) is 2.02. The van der Waals surface area contributed by atoms with Gasteiger partial charge in [-0.3, -0.25) is 4.79 Å². The molecule has 2 heteroatoms. The van der Waals surface area contributed by atoms with Crippen LogP contribution in [0.5, 0.6) is 0 Å². The molecule has 2 nitrogen and oxygen atoms in total. The lowest BCUT2D eigenvalue weighted by molar-refractivity contribution is -0.115. The summed E-state index contributed by atoms with van der Waals surface area (Å²) in [7, 11) is 0. The molecule has 10 heavy (non-hydrogen) atoms. The Hall–Kier alpha value is -0.970. The average molecular weight is 137 g/mol. The van der Waals surface area contributed by atoms with Crippen LogP contribution in [-0.2, 0) is 4.79 Å². The van der Waals surface area contributed by atoms with Gasteiger partial charge in [-0.1, -0.05) is 13.8 Å². The summed E-state index contributed by atoms with van der Waals surface area (Å²) in [5.74, 6) is 1.73. The van der Waals surface area contributed by atoms with E-state index in [4.69, 9.17) is 6.42 Å². The van der Waals surface area contributed by atoms with Gasteiger partial charge in [-0.25, -0.2) is 0 Å². The largest absolute Gasteiger partial charge is 0.342 e. The maximum atomic E-state index is 10.6. The van der Waals surface area contributed by atoms with Gasteiger partial charge in [0.25, 0.3) is 5.91 Å². The lowest BCUT2D eigenvalue weighted by atomic mass is 10.2. The molecule has 0 aliphatic heterocycles. The lowest BCUT2D eigenvalue weighted by Crippen LogP contribution is -2.26. The number of terminal acetylenes is 1. The van der Waals surface area contributed by atoms with Crippen LogP contribution < -0.4 is 5.32 Å². The zero-order valence-corrected chi connectivity index (χ0v) is 6.27. The topological polar surface area (TPSA) is 29.1 Å². The average Bonchev–Trinajstić information content (AvgIpc) is 2.40. The quantitative estimate of drug-likeness (QED) is 0.525. The Labute approximate surface area is 61.0 Å². The van der Waals surface area contributed by atoms with Crippen LogP contribution >= 0.6 is 0 Å². The zero-order valence-electron chi connectivity index (χ0n) is 6.27. The van der Waals surface area contributed by atoms with Crippen LogP contribution in [0.1, 0.15) is 20.3 Å². The van der Waals surface area contributed by atoms with Gasteiger partial charge >= 0.3 is 0 Å². The first-order valence-electron chi connectivity index (χ1n) is 3.33. The molecule has 1 rings (SSSR count). The highest BCUT2D eigenvalue weighted by molar-refractivity contribution is 5.93. The summed E-state index contributed by atoms with van der Waals surface area (Å²) in [5.41, 5.74) is 0.270. The summed E-state index contributed by atoms with van der Waals surface area (Å²) in [6.07, 6.45) is 5.92. The van der Waals surface area contributed by atoms with Crippen molar-refractivity contribution in [2.24, 2.45) is 5.41 Å². The summed E-state index contributed by atoms with van der Waals surface area (Å²) >= 11 is 0. The van der Waals surface area contributed by atoms with Gasteiger partial charge in [0.05, 0.1) is 0 Å².